The standard InChI is InChI=1S/C18H24F3NO2/c1-11(23)9-17(2,3)10-22-16(24)14-8-13(14)12-6-4-5-7-15(12)18(19,20)21/h4-7,11,13-14,23H,8-10H2,1-3H3,(H,22,24). The van der Waals surface area contributed by atoms with Crippen molar-refractivity contribution in [2.24, 2.45) is 11.3 Å². The molecule has 1 aliphatic rings. The van der Waals surface area contributed by atoms with Crippen LogP contribution in [0.25, 0.3) is 0 Å². The van der Waals surface area contributed by atoms with Crippen molar-refractivity contribution in [3.63, 3.8) is 0 Å². The van der Waals surface area contributed by atoms with Crippen molar-refractivity contribution < 1.29 is 23.1 Å². The summed E-state index contributed by atoms with van der Waals surface area (Å²) in [5.74, 6) is -0.991. The molecular formula is C18H24F3NO2. The van der Waals surface area contributed by atoms with Crippen molar-refractivity contribution in [2.45, 2.75) is 51.8 Å². The summed E-state index contributed by atoms with van der Waals surface area (Å²) >= 11 is 0. The van der Waals surface area contributed by atoms with E-state index in [1.165, 1.54) is 12.1 Å². The van der Waals surface area contributed by atoms with Crippen LogP contribution in [0.4, 0.5) is 13.2 Å². The molecule has 0 radical (unpaired) electrons. The monoisotopic (exact) mass is 343 g/mol. The number of benzene rings is 1. The van der Waals surface area contributed by atoms with Crippen LogP contribution in [0.5, 0.6) is 0 Å². The van der Waals surface area contributed by atoms with Gasteiger partial charge in [0, 0.05) is 12.5 Å². The molecule has 134 valence electrons. The lowest BCUT2D eigenvalue weighted by atomic mass is 9.87. The molecule has 1 fully saturated rings. The SMILES string of the molecule is CC(O)CC(C)(C)CNC(=O)C1CC1c1ccccc1C(F)(F)F. The number of amides is 1. The van der Waals surface area contributed by atoms with Crippen molar-refractivity contribution in [2.75, 3.05) is 6.54 Å². The second-order valence-electron chi connectivity index (χ2n) is 7.47. The molecule has 0 bridgehead atoms. The van der Waals surface area contributed by atoms with Crippen LogP contribution in [0.1, 0.15) is 50.7 Å². The second kappa shape index (κ2) is 6.75. The fourth-order valence-electron chi connectivity index (χ4n) is 3.24. The number of hydrogen-bond acceptors (Lipinski definition) is 2. The topological polar surface area (TPSA) is 49.3 Å². The van der Waals surface area contributed by atoms with Gasteiger partial charge >= 0.3 is 6.18 Å². The smallest absolute Gasteiger partial charge is 0.393 e. The molecule has 0 heterocycles. The Labute approximate surface area is 140 Å². The molecule has 3 atom stereocenters. The minimum atomic E-state index is -4.40. The molecule has 24 heavy (non-hydrogen) atoms. The average molecular weight is 343 g/mol. The van der Waals surface area contributed by atoms with Gasteiger partial charge in [0.1, 0.15) is 0 Å². The molecule has 0 aliphatic heterocycles. The first-order valence-corrected chi connectivity index (χ1v) is 8.13. The minimum Gasteiger partial charge on any atom is -0.393 e. The summed E-state index contributed by atoms with van der Waals surface area (Å²) < 4.78 is 39.2. The predicted octanol–water partition coefficient (Wildman–Crippen LogP) is 3.72. The third kappa shape index (κ3) is 4.72. The van der Waals surface area contributed by atoms with E-state index >= 15 is 0 Å². The zero-order valence-corrected chi connectivity index (χ0v) is 14.2. The van der Waals surface area contributed by atoms with Crippen LogP contribution in [0.15, 0.2) is 24.3 Å². The Morgan fingerprint density at radius 1 is 1.33 bits per heavy atom. The molecule has 2 N–H and O–H groups in total. The van der Waals surface area contributed by atoms with Crippen molar-refractivity contribution in [1.82, 2.24) is 5.32 Å². The number of aliphatic hydroxyl groups is 1. The van der Waals surface area contributed by atoms with E-state index in [1.807, 2.05) is 13.8 Å². The van der Waals surface area contributed by atoms with Gasteiger partial charge in [0.25, 0.3) is 0 Å². The van der Waals surface area contributed by atoms with E-state index in [9.17, 15) is 23.1 Å². The number of hydrogen-bond donors (Lipinski definition) is 2. The Kier molecular flexibility index (Phi) is 5.28. The lowest BCUT2D eigenvalue weighted by Crippen LogP contribution is -2.36. The van der Waals surface area contributed by atoms with Crippen LogP contribution in [0, 0.1) is 11.3 Å². The van der Waals surface area contributed by atoms with E-state index in [0.717, 1.165) is 6.07 Å². The van der Waals surface area contributed by atoms with Gasteiger partial charge < -0.3 is 10.4 Å². The van der Waals surface area contributed by atoms with Crippen molar-refractivity contribution in [3.05, 3.63) is 35.4 Å². The average Bonchev–Trinajstić information content (AvgIpc) is 3.23. The maximum atomic E-state index is 13.1. The zero-order chi connectivity index (χ0) is 18.1. The number of carbonyl (C=O) groups is 1. The minimum absolute atomic E-state index is 0.202. The first kappa shape index (κ1) is 18.8. The van der Waals surface area contributed by atoms with Crippen LogP contribution in [0.2, 0.25) is 0 Å². The Bertz CT molecular complexity index is 596. The van der Waals surface area contributed by atoms with E-state index < -0.39 is 23.8 Å². The normalized spacial score (nSPS) is 22.1. The largest absolute Gasteiger partial charge is 0.416 e. The molecule has 1 saturated carbocycles. The fourth-order valence-corrected chi connectivity index (χ4v) is 3.24. The summed E-state index contributed by atoms with van der Waals surface area (Å²) in [6, 6.07) is 5.46. The van der Waals surface area contributed by atoms with Crippen molar-refractivity contribution in [3.8, 4) is 0 Å². The molecule has 0 spiro atoms. The maximum absolute atomic E-state index is 13.1. The Balaban J connectivity index is 1.97. The van der Waals surface area contributed by atoms with E-state index in [1.54, 1.807) is 13.0 Å². The lowest BCUT2D eigenvalue weighted by molar-refractivity contribution is -0.138. The first-order chi connectivity index (χ1) is 11.0. The highest BCUT2D eigenvalue weighted by molar-refractivity contribution is 5.83. The third-order valence-electron chi connectivity index (χ3n) is 4.38. The van der Waals surface area contributed by atoms with E-state index in [0.29, 0.717) is 19.4 Å². The summed E-state index contributed by atoms with van der Waals surface area (Å²) in [6.07, 6.45) is -3.89. The molecule has 1 amide bonds. The molecular weight excluding hydrogens is 319 g/mol. The summed E-state index contributed by atoms with van der Waals surface area (Å²) in [7, 11) is 0. The molecule has 0 aromatic heterocycles. The first-order valence-electron chi connectivity index (χ1n) is 8.13. The van der Waals surface area contributed by atoms with Gasteiger partial charge in [-0.25, -0.2) is 0 Å². The lowest BCUT2D eigenvalue weighted by Gasteiger charge is -2.26. The van der Waals surface area contributed by atoms with Gasteiger partial charge in [0.15, 0.2) is 0 Å². The highest BCUT2D eigenvalue weighted by atomic mass is 19.4. The van der Waals surface area contributed by atoms with Crippen LogP contribution in [-0.4, -0.2) is 23.7 Å². The molecule has 6 heteroatoms. The van der Waals surface area contributed by atoms with Crippen molar-refractivity contribution >= 4 is 5.91 Å². The van der Waals surface area contributed by atoms with Crippen LogP contribution in [0.3, 0.4) is 0 Å². The van der Waals surface area contributed by atoms with E-state index in [4.69, 9.17) is 0 Å². The van der Waals surface area contributed by atoms with Crippen molar-refractivity contribution in [1.29, 1.82) is 0 Å². The Morgan fingerprint density at radius 2 is 1.96 bits per heavy atom. The fraction of sp³-hybridized carbons (Fsp3) is 0.611. The van der Waals surface area contributed by atoms with E-state index in [2.05, 4.69) is 5.32 Å². The van der Waals surface area contributed by atoms with Gasteiger partial charge in [0.05, 0.1) is 11.7 Å². The number of aliphatic hydroxyl groups excluding tert-OH is 1. The maximum Gasteiger partial charge on any atom is 0.416 e. The highest BCUT2D eigenvalue weighted by Crippen LogP contribution is 2.51. The Hall–Kier alpha value is -1.56. The molecule has 2 rings (SSSR count). The van der Waals surface area contributed by atoms with Gasteiger partial charge in [-0.1, -0.05) is 32.0 Å². The van der Waals surface area contributed by atoms with Crippen LogP contribution in [-0.2, 0) is 11.0 Å². The zero-order valence-electron chi connectivity index (χ0n) is 14.2. The van der Waals surface area contributed by atoms with E-state index in [-0.39, 0.29) is 22.8 Å². The van der Waals surface area contributed by atoms with Gasteiger partial charge in [-0.3, -0.25) is 4.79 Å². The number of rotatable bonds is 6. The van der Waals surface area contributed by atoms with Gasteiger partial charge in [0.2, 0.25) is 5.91 Å². The molecule has 3 unspecified atom stereocenters. The van der Waals surface area contributed by atoms with Gasteiger partial charge in [-0.05, 0) is 42.7 Å². The highest BCUT2D eigenvalue weighted by Gasteiger charge is 2.47. The Morgan fingerprint density at radius 3 is 2.54 bits per heavy atom. The molecule has 1 aromatic carbocycles. The molecule has 0 saturated heterocycles. The number of halogens is 3. The number of alkyl halides is 3. The van der Waals surface area contributed by atoms with Gasteiger partial charge in [-0.2, -0.15) is 13.2 Å². The summed E-state index contributed by atoms with van der Waals surface area (Å²) in [5, 5.41) is 12.3. The van der Waals surface area contributed by atoms with Crippen LogP contribution < -0.4 is 5.32 Å². The number of nitrogens with one attached hydrogen (secondary N) is 1. The molecule has 1 aromatic rings. The van der Waals surface area contributed by atoms with Gasteiger partial charge in [-0.15, -0.1) is 0 Å². The molecule has 3 nitrogen and oxygen atoms in total. The third-order valence-corrected chi connectivity index (χ3v) is 4.38. The summed E-state index contributed by atoms with van der Waals surface area (Å²) in [4.78, 5) is 12.2. The van der Waals surface area contributed by atoms with Crippen LogP contribution >= 0.6 is 0 Å². The summed E-state index contributed by atoms with van der Waals surface area (Å²) in [6.45, 7) is 5.95. The number of carbonyl (C=O) groups excluding carboxylic acids is 1. The quantitative estimate of drug-likeness (QED) is 0.827. The predicted molar refractivity (Wildman–Crippen MR) is 85.4 cm³/mol. The summed E-state index contributed by atoms with van der Waals surface area (Å²) in [5.41, 5.74) is -0.717. The molecule has 1 aliphatic carbocycles. The second-order valence-corrected chi connectivity index (χ2v) is 7.47.